The second-order valence-corrected chi connectivity index (χ2v) is 10.2. The van der Waals surface area contributed by atoms with Crippen LogP contribution in [0.2, 0.25) is 0 Å². The average molecular weight is 497 g/mol. The molecule has 0 radical (unpaired) electrons. The standard InChI is InChI=1S/C25H36N8O3/c1-25(2,27)22(34)31-12-14-32(15-13-31)23(35)28-21-9-11-33(24(36)29-21)20-7-5-18(6-8-20)16-30-10-3-4-19(26)17-30/h5-9,11,19H,3-4,10,12-17,26-27H2,1-2H3,(H,28,29,35,36)/t19-/m0/s1. The van der Waals surface area contributed by atoms with Crippen molar-refractivity contribution in [2.45, 2.75) is 44.8 Å². The number of anilines is 1. The van der Waals surface area contributed by atoms with Crippen LogP contribution in [0.25, 0.3) is 5.69 Å². The highest BCUT2D eigenvalue weighted by molar-refractivity contribution is 5.89. The van der Waals surface area contributed by atoms with E-state index in [4.69, 9.17) is 11.5 Å². The Balaban J connectivity index is 1.33. The molecule has 2 aromatic rings. The summed E-state index contributed by atoms with van der Waals surface area (Å²) in [6.45, 7) is 7.68. The van der Waals surface area contributed by atoms with Gasteiger partial charge in [-0.3, -0.25) is 19.6 Å². The van der Waals surface area contributed by atoms with Crippen LogP contribution in [0.15, 0.2) is 41.3 Å². The summed E-state index contributed by atoms with van der Waals surface area (Å²) in [7, 11) is 0. The lowest BCUT2D eigenvalue weighted by Crippen LogP contribution is -2.58. The van der Waals surface area contributed by atoms with E-state index in [2.05, 4.69) is 15.2 Å². The number of nitrogens with zero attached hydrogens (tertiary/aromatic N) is 5. The van der Waals surface area contributed by atoms with E-state index in [9.17, 15) is 14.4 Å². The van der Waals surface area contributed by atoms with E-state index in [1.807, 2.05) is 24.3 Å². The number of piperidine rings is 1. The van der Waals surface area contributed by atoms with Gasteiger partial charge in [-0.05, 0) is 57.0 Å². The smallest absolute Gasteiger partial charge is 0.338 e. The van der Waals surface area contributed by atoms with Crippen LogP contribution in [-0.4, -0.2) is 87.0 Å². The number of amides is 3. The molecule has 36 heavy (non-hydrogen) atoms. The number of aromatic nitrogens is 2. The van der Waals surface area contributed by atoms with Gasteiger partial charge in [0.05, 0.1) is 11.2 Å². The molecular formula is C25H36N8O3. The first-order chi connectivity index (χ1) is 17.1. The lowest BCUT2D eigenvalue weighted by molar-refractivity contribution is -0.137. The Bertz CT molecular complexity index is 1130. The van der Waals surface area contributed by atoms with E-state index in [1.54, 1.807) is 35.9 Å². The Morgan fingerprint density at radius 2 is 1.72 bits per heavy atom. The van der Waals surface area contributed by atoms with Crippen molar-refractivity contribution in [1.29, 1.82) is 0 Å². The second kappa shape index (κ2) is 10.8. The maximum absolute atomic E-state index is 12.7. The fourth-order valence-electron chi connectivity index (χ4n) is 4.63. The summed E-state index contributed by atoms with van der Waals surface area (Å²) in [4.78, 5) is 47.3. The number of urea groups is 1. The first-order valence-corrected chi connectivity index (χ1v) is 12.4. The molecule has 1 aromatic heterocycles. The largest absolute Gasteiger partial charge is 0.354 e. The van der Waals surface area contributed by atoms with E-state index < -0.39 is 11.2 Å². The Kier molecular flexibility index (Phi) is 7.72. The van der Waals surface area contributed by atoms with Crippen molar-refractivity contribution in [2.75, 3.05) is 44.6 Å². The van der Waals surface area contributed by atoms with E-state index in [-0.39, 0.29) is 23.8 Å². The highest BCUT2D eigenvalue weighted by Crippen LogP contribution is 2.15. The molecule has 4 rings (SSSR count). The Morgan fingerprint density at radius 1 is 1.06 bits per heavy atom. The molecule has 0 saturated carbocycles. The third-order valence-corrected chi connectivity index (χ3v) is 6.61. The zero-order valence-electron chi connectivity index (χ0n) is 21.0. The summed E-state index contributed by atoms with van der Waals surface area (Å²) < 4.78 is 1.44. The van der Waals surface area contributed by atoms with Crippen LogP contribution in [0.5, 0.6) is 0 Å². The molecule has 194 valence electrons. The van der Waals surface area contributed by atoms with Crippen LogP contribution in [0.1, 0.15) is 32.3 Å². The van der Waals surface area contributed by atoms with E-state index in [1.165, 1.54) is 4.57 Å². The summed E-state index contributed by atoms with van der Waals surface area (Å²) in [6, 6.07) is 9.27. The third-order valence-electron chi connectivity index (χ3n) is 6.61. The van der Waals surface area contributed by atoms with Crippen molar-refractivity contribution in [3.05, 3.63) is 52.6 Å². The number of nitrogens with one attached hydrogen (secondary N) is 1. The van der Waals surface area contributed by atoms with Crippen molar-refractivity contribution < 1.29 is 9.59 Å². The number of carbonyl (C=O) groups excluding carboxylic acids is 2. The molecule has 3 heterocycles. The predicted octanol–water partition coefficient (Wildman–Crippen LogP) is 0.569. The SMILES string of the molecule is CC(C)(N)C(=O)N1CCN(C(=O)Nc2ccn(-c3ccc(CN4CCC[C@H](N)C4)cc3)c(=O)n2)CC1. The maximum atomic E-state index is 12.7. The third kappa shape index (κ3) is 6.28. The van der Waals surface area contributed by atoms with Gasteiger partial charge in [0.25, 0.3) is 0 Å². The topological polar surface area (TPSA) is 143 Å². The molecule has 11 nitrogen and oxygen atoms in total. The van der Waals surface area contributed by atoms with Gasteiger partial charge >= 0.3 is 11.7 Å². The van der Waals surface area contributed by atoms with Crippen molar-refractivity contribution in [3.8, 4) is 5.69 Å². The van der Waals surface area contributed by atoms with Crippen LogP contribution >= 0.6 is 0 Å². The highest BCUT2D eigenvalue weighted by Gasteiger charge is 2.31. The molecule has 5 N–H and O–H groups in total. The lowest BCUT2D eigenvalue weighted by Gasteiger charge is -2.37. The number of benzene rings is 1. The van der Waals surface area contributed by atoms with Gasteiger partial charge in [0, 0.05) is 51.5 Å². The normalized spacial score (nSPS) is 19.3. The minimum atomic E-state index is -0.944. The summed E-state index contributed by atoms with van der Waals surface area (Å²) in [6.07, 6.45) is 3.79. The fourth-order valence-corrected chi connectivity index (χ4v) is 4.63. The van der Waals surface area contributed by atoms with Crippen LogP contribution in [0.4, 0.5) is 10.6 Å². The van der Waals surface area contributed by atoms with Gasteiger partial charge < -0.3 is 21.3 Å². The molecule has 1 atom stereocenters. The molecule has 2 saturated heterocycles. The first kappa shape index (κ1) is 25.8. The number of piperazine rings is 1. The molecule has 11 heteroatoms. The van der Waals surface area contributed by atoms with Crippen molar-refractivity contribution in [2.24, 2.45) is 11.5 Å². The minimum absolute atomic E-state index is 0.142. The van der Waals surface area contributed by atoms with Gasteiger partial charge in [-0.2, -0.15) is 4.98 Å². The van der Waals surface area contributed by atoms with Gasteiger partial charge in [0.1, 0.15) is 5.82 Å². The number of hydrogen-bond donors (Lipinski definition) is 3. The summed E-state index contributed by atoms with van der Waals surface area (Å²) >= 11 is 0. The van der Waals surface area contributed by atoms with Crippen molar-refractivity contribution >= 4 is 17.8 Å². The van der Waals surface area contributed by atoms with Crippen molar-refractivity contribution in [3.63, 3.8) is 0 Å². The van der Waals surface area contributed by atoms with Gasteiger partial charge in [-0.25, -0.2) is 9.59 Å². The quantitative estimate of drug-likeness (QED) is 0.549. The van der Waals surface area contributed by atoms with Crippen LogP contribution < -0.4 is 22.5 Å². The van der Waals surface area contributed by atoms with E-state index in [0.717, 1.165) is 38.0 Å². The van der Waals surface area contributed by atoms with Crippen LogP contribution in [0, 0.1) is 0 Å². The summed E-state index contributed by atoms with van der Waals surface area (Å²) in [5.74, 6) is 0.0393. The van der Waals surface area contributed by atoms with Crippen LogP contribution in [0.3, 0.4) is 0 Å². The predicted molar refractivity (Wildman–Crippen MR) is 138 cm³/mol. The summed E-state index contributed by atoms with van der Waals surface area (Å²) in [5.41, 5.74) is 12.4. The van der Waals surface area contributed by atoms with E-state index in [0.29, 0.717) is 31.9 Å². The van der Waals surface area contributed by atoms with Gasteiger partial charge in [0.15, 0.2) is 0 Å². The fraction of sp³-hybridized carbons (Fsp3) is 0.520. The maximum Gasteiger partial charge on any atom is 0.354 e. The minimum Gasteiger partial charge on any atom is -0.338 e. The molecule has 0 aliphatic carbocycles. The molecule has 0 spiro atoms. The second-order valence-electron chi connectivity index (χ2n) is 10.2. The molecule has 0 bridgehead atoms. The zero-order chi connectivity index (χ0) is 25.9. The molecule has 2 fully saturated rings. The Labute approximate surface area is 211 Å². The first-order valence-electron chi connectivity index (χ1n) is 12.4. The molecule has 2 aliphatic heterocycles. The molecule has 3 amide bonds. The number of nitrogens with two attached hydrogens (primary N) is 2. The molecular weight excluding hydrogens is 460 g/mol. The van der Waals surface area contributed by atoms with Gasteiger partial charge in [-0.15, -0.1) is 0 Å². The lowest BCUT2D eigenvalue weighted by atomic mass is 10.1. The Hall–Kier alpha value is -3.28. The highest BCUT2D eigenvalue weighted by atomic mass is 16.2. The molecule has 1 aromatic carbocycles. The van der Waals surface area contributed by atoms with Crippen LogP contribution in [-0.2, 0) is 11.3 Å². The van der Waals surface area contributed by atoms with Gasteiger partial charge in [-0.1, -0.05) is 12.1 Å². The number of hydrogen-bond acceptors (Lipinski definition) is 7. The number of carbonyl (C=O) groups is 2. The number of likely N-dealkylation sites (tertiary alicyclic amines) is 1. The van der Waals surface area contributed by atoms with Gasteiger partial charge in [0.2, 0.25) is 5.91 Å². The Morgan fingerprint density at radius 3 is 2.33 bits per heavy atom. The molecule has 0 unspecified atom stereocenters. The number of rotatable bonds is 5. The monoisotopic (exact) mass is 496 g/mol. The van der Waals surface area contributed by atoms with E-state index >= 15 is 0 Å². The molecule has 2 aliphatic rings. The average Bonchev–Trinajstić information content (AvgIpc) is 2.84. The zero-order valence-corrected chi connectivity index (χ0v) is 21.0. The van der Waals surface area contributed by atoms with Crippen molar-refractivity contribution in [1.82, 2.24) is 24.3 Å². The summed E-state index contributed by atoms with van der Waals surface area (Å²) in [5, 5.41) is 2.68.